The Morgan fingerprint density at radius 2 is 2.20 bits per heavy atom. The van der Waals surface area contributed by atoms with Crippen LogP contribution in [0.2, 0.25) is 0 Å². The first kappa shape index (κ1) is 14.9. The number of nitrogens with one attached hydrogen (secondary N) is 1. The molecule has 1 fully saturated rings. The number of urea groups is 1. The van der Waals surface area contributed by atoms with Crippen molar-refractivity contribution in [3.8, 4) is 0 Å². The third-order valence-corrected chi connectivity index (χ3v) is 4.16. The van der Waals surface area contributed by atoms with Gasteiger partial charge in [-0.15, -0.1) is 0 Å². The fraction of sp³-hybridized carbons (Fsp3) is 0.733. The lowest BCUT2D eigenvalue weighted by Gasteiger charge is -2.34. The fourth-order valence-corrected chi connectivity index (χ4v) is 3.08. The maximum absolute atomic E-state index is 12.2. The molecule has 0 saturated carbocycles. The minimum absolute atomic E-state index is 0.0541. The fourth-order valence-electron chi connectivity index (χ4n) is 3.08. The molecule has 1 aliphatic heterocycles. The summed E-state index contributed by atoms with van der Waals surface area (Å²) in [5.41, 5.74) is 1.44. The van der Waals surface area contributed by atoms with E-state index >= 15 is 0 Å². The van der Waals surface area contributed by atoms with Crippen molar-refractivity contribution in [1.82, 2.24) is 10.2 Å². The van der Waals surface area contributed by atoms with Crippen LogP contribution in [0.15, 0.2) is 11.6 Å². The summed E-state index contributed by atoms with van der Waals surface area (Å²) < 4.78 is 0. The quantitative estimate of drug-likeness (QED) is 0.760. The number of allylic oxidation sites excluding steroid dienone is 1. The second-order valence-corrected chi connectivity index (χ2v) is 5.68. The first-order valence-corrected chi connectivity index (χ1v) is 7.61. The highest BCUT2D eigenvalue weighted by Gasteiger charge is 2.28. The molecular weight excluding hydrogens is 256 g/mol. The molecule has 5 heteroatoms. The number of rotatable bonds is 5. The summed E-state index contributed by atoms with van der Waals surface area (Å²) in [6.45, 7) is 1.33. The van der Waals surface area contributed by atoms with Crippen LogP contribution in [0.4, 0.5) is 4.79 Å². The number of amides is 2. The molecule has 20 heavy (non-hydrogen) atoms. The van der Waals surface area contributed by atoms with Gasteiger partial charge in [-0.3, -0.25) is 4.79 Å². The lowest BCUT2D eigenvalue weighted by Crippen LogP contribution is -2.49. The summed E-state index contributed by atoms with van der Waals surface area (Å²) in [7, 11) is 0. The summed E-state index contributed by atoms with van der Waals surface area (Å²) in [5.74, 6) is -0.828. The number of nitrogens with zero attached hydrogens (tertiary/aromatic N) is 1. The van der Waals surface area contributed by atoms with Gasteiger partial charge in [-0.2, -0.15) is 0 Å². The van der Waals surface area contributed by atoms with E-state index < -0.39 is 5.97 Å². The van der Waals surface area contributed by atoms with E-state index in [1.165, 1.54) is 12.0 Å². The van der Waals surface area contributed by atoms with Crippen LogP contribution in [0.25, 0.3) is 0 Å². The van der Waals surface area contributed by atoms with Crippen molar-refractivity contribution < 1.29 is 14.7 Å². The maximum Gasteiger partial charge on any atom is 0.317 e. The molecule has 1 aliphatic carbocycles. The third kappa shape index (κ3) is 4.25. The van der Waals surface area contributed by atoms with Crippen molar-refractivity contribution in [2.75, 3.05) is 13.1 Å². The highest BCUT2D eigenvalue weighted by atomic mass is 16.4. The summed E-state index contributed by atoms with van der Waals surface area (Å²) >= 11 is 0. The molecule has 1 saturated heterocycles. The smallest absolute Gasteiger partial charge is 0.317 e. The Balaban J connectivity index is 1.77. The largest absolute Gasteiger partial charge is 0.481 e. The third-order valence-electron chi connectivity index (χ3n) is 4.16. The lowest BCUT2D eigenvalue weighted by atomic mass is 10.00. The van der Waals surface area contributed by atoms with Crippen LogP contribution >= 0.6 is 0 Å². The van der Waals surface area contributed by atoms with Crippen LogP contribution in [0, 0.1) is 0 Å². The number of carboxylic acid groups (broad SMARTS) is 1. The predicted octanol–water partition coefficient (Wildman–Crippen LogP) is 2.53. The van der Waals surface area contributed by atoms with Crippen LogP contribution in [0.5, 0.6) is 0 Å². The van der Waals surface area contributed by atoms with Crippen molar-refractivity contribution in [2.45, 2.75) is 57.4 Å². The van der Waals surface area contributed by atoms with E-state index in [1.807, 2.05) is 0 Å². The van der Waals surface area contributed by atoms with Gasteiger partial charge in [-0.25, -0.2) is 4.79 Å². The van der Waals surface area contributed by atoms with Gasteiger partial charge in [0.05, 0.1) is 6.42 Å². The molecule has 0 aromatic heterocycles. The Hall–Kier alpha value is -1.52. The number of aliphatic carboxylic acids is 1. The standard InChI is InChI=1S/C15H24N2O3/c18-14(19)11-13-7-3-4-10-17(13)15(20)16-9-8-12-5-1-2-6-12/h5,13H,1-4,6-11H2,(H,16,20)(H,18,19). The summed E-state index contributed by atoms with van der Waals surface area (Å²) in [5, 5.41) is 11.9. The Kier molecular flexibility index (Phi) is 5.44. The van der Waals surface area contributed by atoms with E-state index in [2.05, 4.69) is 11.4 Å². The van der Waals surface area contributed by atoms with Gasteiger partial charge >= 0.3 is 12.0 Å². The number of piperidine rings is 1. The molecule has 0 aromatic carbocycles. The first-order valence-electron chi connectivity index (χ1n) is 7.61. The SMILES string of the molecule is O=C(O)CC1CCCCN1C(=O)NCCC1=CCCC1. The number of carbonyl (C=O) groups excluding carboxylic acids is 1. The Bertz CT molecular complexity index is 393. The van der Waals surface area contributed by atoms with E-state index in [-0.39, 0.29) is 18.5 Å². The predicted molar refractivity (Wildman–Crippen MR) is 76.5 cm³/mol. The van der Waals surface area contributed by atoms with E-state index in [4.69, 9.17) is 5.11 Å². The Labute approximate surface area is 120 Å². The average Bonchev–Trinajstić information content (AvgIpc) is 2.91. The minimum atomic E-state index is -0.828. The van der Waals surface area contributed by atoms with Gasteiger partial charge in [-0.05, 0) is 44.9 Å². The van der Waals surface area contributed by atoms with Gasteiger partial charge in [0.1, 0.15) is 0 Å². The normalized spacial score (nSPS) is 22.5. The zero-order chi connectivity index (χ0) is 14.4. The zero-order valence-electron chi connectivity index (χ0n) is 11.9. The number of hydrogen-bond acceptors (Lipinski definition) is 2. The second kappa shape index (κ2) is 7.31. The van der Waals surface area contributed by atoms with Crippen LogP contribution in [-0.2, 0) is 4.79 Å². The number of carboxylic acids is 1. The van der Waals surface area contributed by atoms with E-state index in [0.717, 1.165) is 38.5 Å². The molecule has 1 unspecified atom stereocenters. The first-order chi connectivity index (χ1) is 9.66. The molecule has 112 valence electrons. The molecule has 5 nitrogen and oxygen atoms in total. The summed E-state index contributed by atoms with van der Waals surface area (Å²) in [4.78, 5) is 24.7. The lowest BCUT2D eigenvalue weighted by molar-refractivity contribution is -0.138. The summed E-state index contributed by atoms with van der Waals surface area (Å²) in [6.07, 6.45) is 9.56. The summed E-state index contributed by atoms with van der Waals surface area (Å²) in [6, 6.07) is -0.249. The van der Waals surface area contributed by atoms with Gasteiger partial charge in [0.25, 0.3) is 0 Å². The van der Waals surface area contributed by atoms with E-state index in [0.29, 0.717) is 13.1 Å². The van der Waals surface area contributed by atoms with Gasteiger partial charge < -0.3 is 15.3 Å². The van der Waals surface area contributed by atoms with Crippen LogP contribution in [0.3, 0.4) is 0 Å². The van der Waals surface area contributed by atoms with Crippen molar-refractivity contribution in [2.24, 2.45) is 0 Å². The van der Waals surface area contributed by atoms with Crippen LogP contribution in [-0.4, -0.2) is 41.1 Å². The van der Waals surface area contributed by atoms with E-state index in [9.17, 15) is 9.59 Å². The molecule has 2 aliphatic rings. The van der Waals surface area contributed by atoms with Crippen molar-refractivity contribution >= 4 is 12.0 Å². The molecule has 0 spiro atoms. The molecular formula is C15H24N2O3. The molecule has 0 bridgehead atoms. The second-order valence-electron chi connectivity index (χ2n) is 5.68. The highest BCUT2D eigenvalue weighted by Crippen LogP contribution is 2.21. The molecule has 1 atom stereocenters. The van der Waals surface area contributed by atoms with Crippen molar-refractivity contribution in [1.29, 1.82) is 0 Å². The average molecular weight is 280 g/mol. The number of carbonyl (C=O) groups is 2. The minimum Gasteiger partial charge on any atom is -0.481 e. The van der Waals surface area contributed by atoms with E-state index in [1.54, 1.807) is 4.90 Å². The van der Waals surface area contributed by atoms with Gasteiger partial charge in [-0.1, -0.05) is 11.6 Å². The number of hydrogen-bond donors (Lipinski definition) is 2. The van der Waals surface area contributed by atoms with Crippen LogP contribution < -0.4 is 5.32 Å². The zero-order valence-corrected chi connectivity index (χ0v) is 11.9. The maximum atomic E-state index is 12.2. The molecule has 2 rings (SSSR count). The highest BCUT2D eigenvalue weighted by molar-refractivity contribution is 5.76. The topological polar surface area (TPSA) is 69.6 Å². The molecule has 0 aromatic rings. The molecule has 1 heterocycles. The molecule has 0 radical (unpaired) electrons. The monoisotopic (exact) mass is 280 g/mol. The van der Waals surface area contributed by atoms with Crippen molar-refractivity contribution in [3.63, 3.8) is 0 Å². The Morgan fingerprint density at radius 3 is 2.90 bits per heavy atom. The van der Waals surface area contributed by atoms with Gasteiger partial charge in [0.15, 0.2) is 0 Å². The Morgan fingerprint density at radius 1 is 1.35 bits per heavy atom. The van der Waals surface area contributed by atoms with Crippen LogP contribution in [0.1, 0.15) is 51.4 Å². The number of likely N-dealkylation sites (tertiary alicyclic amines) is 1. The van der Waals surface area contributed by atoms with Gasteiger partial charge in [0, 0.05) is 19.1 Å². The molecule has 2 amide bonds. The van der Waals surface area contributed by atoms with Crippen molar-refractivity contribution in [3.05, 3.63) is 11.6 Å². The molecule has 2 N–H and O–H groups in total. The van der Waals surface area contributed by atoms with Gasteiger partial charge in [0.2, 0.25) is 0 Å².